The average Bonchev–Trinajstić information content (AvgIpc) is 2.37. The lowest BCUT2D eigenvalue weighted by Gasteiger charge is -2.11. The Balaban J connectivity index is 2.35. The van der Waals surface area contributed by atoms with Crippen LogP contribution in [0.3, 0.4) is 0 Å². The van der Waals surface area contributed by atoms with Crippen molar-refractivity contribution in [2.75, 3.05) is 25.2 Å². The van der Waals surface area contributed by atoms with E-state index in [9.17, 15) is 0 Å². The number of rotatable bonds is 8. The summed E-state index contributed by atoms with van der Waals surface area (Å²) in [5, 5.41) is 11.9. The van der Waals surface area contributed by atoms with E-state index in [2.05, 4.69) is 24.6 Å². The molecule has 0 spiro atoms. The fourth-order valence-corrected chi connectivity index (χ4v) is 2.35. The molecule has 0 saturated heterocycles. The molecule has 1 N–H and O–H groups in total. The highest BCUT2D eigenvalue weighted by Gasteiger charge is 2.01. The first-order valence-electron chi connectivity index (χ1n) is 6.04. The number of ether oxygens (including phenoxy) is 1. The topological polar surface area (TPSA) is 45.0 Å². The van der Waals surface area contributed by atoms with Crippen LogP contribution in [-0.4, -0.2) is 25.2 Å². The first kappa shape index (κ1) is 14.9. The third-order valence-corrected chi connectivity index (χ3v) is 3.38. The van der Waals surface area contributed by atoms with Crippen molar-refractivity contribution in [3.8, 4) is 11.8 Å². The molecule has 0 amide bonds. The van der Waals surface area contributed by atoms with E-state index in [0.717, 1.165) is 18.8 Å². The van der Waals surface area contributed by atoms with Gasteiger partial charge in [0.1, 0.15) is 11.8 Å². The summed E-state index contributed by atoms with van der Waals surface area (Å²) in [6.07, 6.45) is 2.13. The fourth-order valence-electron chi connectivity index (χ4n) is 1.67. The quantitative estimate of drug-likeness (QED) is 0.784. The molecule has 0 saturated carbocycles. The zero-order chi connectivity index (χ0) is 13.2. The van der Waals surface area contributed by atoms with E-state index in [-0.39, 0.29) is 6.61 Å². The molecule has 0 radical (unpaired) electrons. The van der Waals surface area contributed by atoms with Gasteiger partial charge in [-0.05, 0) is 42.2 Å². The Kier molecular flexibility index (Phi) is 7.31. The number of nitriles is 1. The zero-order valence-electron chi connectivity index (χ0n) is 11.0. The van der Waals surface area contributed by atoms with Crippen LogP contribution in [0.25, 0.3) is 0 Å². The Bertz CT molecular complexity index is 390. The van der Waals surface area contributed by atoms with Gasteiger partial charge in [-0.15, -0.1) is 0 Å². The molecule has 0 heterocycles. The summed E-state index contributed by atoms with van der Waals surface area (Å²) in [7, 11) is 0. The van der Waals surface area contributed by atoms with Gasteiger partial charge in [0, 0.05) is 6.54 Å². The van der Waals surface area contributed by atoms with Crippen molar-refractivity contribution >= 4 is 11.8 Å². The fraction of sp³-hybridized carbons (Fsp3) is 0.500. The maximum atomic E-state index is 8.46. The van der Waals surface area contributed by atoms with Gasteiger partial charge in [-0.1, -0.05) is 19.1 Å². The van der Waals surface area contributed by atoms with E-state index >= 15 is 0 Å². The number of benzene rings is 1. The largest absolute Gasteiger partial charge is 0.479 e. The second-order valence-corrected chi connectivity index (χ2v) is 5.20. The SMILES string of the molecule is CSCC(C)CNCc1cccc(OCC#N)c1. The molecular formula is C14H20N2OS. The summed E-state index contributed by atoms with van der Waals surface area (Å²) < 4.78 is 5.27. The summed E-state index contributed by atoms with van der Waals surface area (Å²) in [4.78, 5) is 0. The lowest BCUT2D eigenvalue weighted by molar-refractivity contribution is 0.367. The molecule has 98 valence electrons. The maximum Gasteiger partial charge on any atom is 0.174 e. The molecule has 1 aromatic rings. The molecule has 1 atom stereocenters. The zero-order valence-corrected chi connectivity index (χ0v) is 11.8. The third-order valence-electron chi connectivity index (χ3n) is 2.47. The van der Waals surface area contributed by atoms with Gasteiger partial charge < -0.3 is 10.1 Å². The van der Waals surface area contributed by atoms with Crippen LogP contribution < -0.4 is 10.1 Å². The first-order chi connectivity index (χ1) is 8.76. The Labute approximate surface area is 114 Å². The molecule has 4 heteroatoms. The van der Waals surface area contributed by atoms with Crippen molar-refractivity contribution in [3.63, 3.8) is 0 Å². The van der Waals surface area contributed by atoms with Crippen LogP contribution in [0.15, 0.2) is 24.3 Å². The number of hydrogen-bond donors (Lipinski definition) is 1. The van der Waals surface area contributed by atoms with Gasteiger partial charge in [0.15, 0.2) is 6.61 Å². The predicted octanol–water partition coefficient (Wildman–Crippen LogP) is 2.68. The molecular weight excluding hydrogens is 244 g/mol. The molecule has 18 heavy (non-hydrogen) atoms. The Hall–Kier alpha value is -1.18. The second-order valence-electron chi connectivity index (χ2n) is 4.29. The summed E-state index contributed by atoms with van der Waals surface area (Å²) >= 11 is 1.88. The summed E-state index contributed by atoms with van der Waals surface area (Å²) in [6.45, 7) is 4.20. The van der Waals surface area contributed by atoms with Crippen LogP contribution in [0.5, 0.6) is 5.75 Å². The van der Waals surface area contributed by atoms with Crippen molar-refractivity contribution in [2.45, 2.75) is 13.5 Å². The minimum absolute atomic E-state index is 0.0988. The summed E-state index contributed by atoms with van der Waals surface area (Å²) in [5.74, 6) is 2.62. The van der Waals surface area contributed by atoms with E-state index in [1.54, 1.807) is 0 Å². The number of nitrogens with one attached hydrogen (secondary N) is 1. The molecule has 0 aliphatic heterocycles. The Morgan fingerprint density at radius 2 is 2.33 bits per heavy atom. The number of hydrogen-bond acceptors (Lipinski definition) is 4. The van der Waals surface area contributed by atoms with Crippen LogP contribution in [0.2, 0.25) is 0 Å². The lowest BCUT2D eigenvalue weighted by Crippen LogP contribution is -2.22. The smallest absolute Gasteiger partial charge is 0.174 e. The molecule has 1 rings (SSSR count). The van der Waals surface area contributed by atoms with E-state index in [1.807, 2.05) is 36.0 Å². The highest BCUT2D eigenvalue weighted by atomic mass is 32.2. The van der Waals surface area contributed by atoms with Gasteiger partial charge in [-0.2, -0.15) is 17.0 Å². The summed E-state index contributed by atoms with van der Waals surface area (Å²) in [6, 6.07) is 9.83. The van der Waals surface area contributed by atoms with Crippen molar-refractivity contribution < 1.29 is 4.74 Å². The lowest BCUT2D eigenvalue weighted by atomic mass is 10.2. The van der Waals surface area contributed by atoms with Crippen molar-refractivity contribution in [1.82, 2.24) is 5.32 Å². The number of nitrogens with zero attached hydrogens (tertiary/aromatic N) is 1. The molecule has 3 nitrogen and oxygen atoms in total. The van der Waals surface area contributed by atoms with E-state index in [4.69, 9.17) is 10.00 Å². The maximum absolute atomic E-state index is 8.46. The monoisotopic (exact) mass is 264 g/mol. The van der Waals surface area contributed by atoms with Gasteiger partial charge in [-0.3, -0.25) is 0 Å². The highest BCUT2D eigenvalue weighted by Crippen LogP contribution is 2.13. The van der Waals surface area contributed by atoms with Crippen molar-refractivity contribution in [3.05, 3.63) is 29.8 Å². The molecule has 1 unspecified atom stereocenters. The first-order valence-corrected chi connectivity index (χ1v) is 7.44. The molecule has 1 aromatic carbocycles. The van der Waals surface area contributed by atoms with Crippen molar-refractivity contribution in [1.29, 1.82) is 5.26 Å². The Morgan fingerprint density at radius 3 is 3.06 bits per heavy atom. The molecule has 0 fully saturated rings. The van der Waals surface area contributed by atoms with Crippen LogP contribution in [0.4, 0.5) is 0 Å². The summed E-state index contributed by atoms with van der Waals surface area (Å²) in [5.41, 5.74) is 1.18. The van der Waals surface area contributed by atoms with E-state index < -0.39 is 0 Å². The van der Waals surface area contributed by atoms with Gasteiger partial charge in [-0.25, -0.2) is 0 Å². The van der Waals surface area contributed by atoms with E-state index in [0.29, 0.717) is 5.92 Å². The number of thioether (sulfide) groups is 1. The normalized spacial score (nSPS) is 11.8. The van der Waals surface area contributed by atoms with Gasteiger partial charge in [0.25, 0.3) is 0 Å². The van der Waals surface area contributed by atoms with E-state index in [1.165, 1.54) is 11.3 Å². The van der Waals surface area contributed by atoms with Crippen LogP contribution in [0, 0.1) is 17.2 Å². The standard InChI is InChI=1S/C14H20N2OS/c1-12(11-18-2)9-16-10-13-4-3-5-14(8-13)17-7-6-15/h3-5,8,12,16H,7,9-11H2,1-2H3. The minimum atomic E-state index is 0.0988. The highest BCUT2D eigenvalue weighted by molar-refractivity contribution is 7.98. The Morgan fingerprint density at radius 1 is 1.50 bits per heavy atom. The van der Waals surface area contributed by atoms with Crippen molar-refractivity contribution in [2.24, 2.45) is 5.92 Å². The van der Waals surface area contributed by atoms with Gasteiger partial charge >= 0.3 is 0 Å². The minimum Gasteiger partial charge on any atom is -0.479 e. The van der Waals surface area contributed by atoms with Gasteiger partial charge in [0.2, 0.25) is 0 Å². The second kappa shape index (κ2) is 8.84. The van der Waals surface area contributed by atoms with Gasteiger partial charge in [0.05, 0.1) is 0 Å². The molecule has 0 aromatic heterocycles. The van der Waals surface area contributed by atoms with Crippen LogP contribution in [-0.2, 0) is 6.54 Å². The molecule has 0 aliphatic rings. The average molecular weight is 264 g/mol. The molecule has 0 bridgehead atoms. The van der Waals surface area contributed by atoms with Crippen LogP contribution >= 0.6 is 11.8 Å². The van der Waals surface area contributed by atoms with Crippen LogP contribution in [0.1, 0.15) is 12.5 Å². The predicted molar refractivity (Wildman–Crippen MR) is 76.8 cm³/mol. The molecule has 0 aliphatic carbocycles. The third kappa shape index (κ3) is 5.95.